The van der Waals surface area contributed by atoms with Crippen LogP contribution in [-0.4, -0.2) is 75.9 Å². The number of cyclic esters (lactones) is 1. The van der Waals surface area contributed by atoms with E-state index in [9.17, 15) is 31.6 Å². The number of halogens is 4. The lowest BCUT2D eigenvalue weighted by Crippen LogP contribution is -2.43. The maximum atomic E-state index is 15.2. The Morgan fingerprint density at radius 3 is 2.37 bits per heavy atom. The predicted molar refractivity (Wildman–Crippen MR) is 139 cm³/mol. The summed E-state index contributed by atoms with van der Waals surface area (Å²) >= 11 is 0. The van der Waals surface area contributed by atoms with Gasteiger partial charge in [-0.1, -0.05) is 0 Å². The van der Waals surface area contributed by atoms with Crippen LogP contribution < -0.4 is 20.5 Å². The molecule has 0 bridgehead atoms. The van der Waals surface area contributed by atoms with E-state index in [0.717, 1.165) is 21.4 Å². The van der Waals surface area contributed by atoms with E-state index >= 15 is 8.78 Å². The predicted octanol–water partition coefficient (Wildman–Crippen LogP) is 2.88. The molecule has 0 unspecified atom stereocenters. The second-order valence-corrected chi connectivity index (χ2v) is 11.2. The normalized spacial score (nSPS) is 18.4. The summed E-state index contributed by atoms with van der Waals surface area (Å²) in [5.74, 6) is -3.62. The van der Waals surface area contributed by atoms with Gasteiger partial charge < -0.3 is 15.0 Å². The number of Topliss-reactive ketones (excluding diaryl/α,β-unsaturated/α-hetero) is 1. The fraction of sp³-hybridized carbons (Fsp3) is 0.400. The average molecular weight is 602 g/mol. The van der Waals surface area contributed by atoms with Gasteiger partial charge >= 0.3 is 6.09 Å². The number of benzene rings is 2. The van der Waals surface area contributed by atoms with Gasteiger partial charge in [-0.05, 0) is 30.7 Å². The number of alkyl halides is 2. The van der Waals surface area contributed by atoms with Crippen molar-refractivity contribution in [1.82, 2.24) is 9.84 Å². The third-order valence-electron chi connectivity index (χ3n) is 6.47. The largest absolute Gasteiger partial charge is 0.444 e. The standard InChI is InChI=1S/C25H27F4N5O6S/c1-15(35)31-16-2-5-19(6-3-16)41(38,39)34-11-10-32(9-8-30-34)23-20(26)12-17(13-21(23)27)33-14-18(40-25(33)37)4-7-22(36)24(28)29/h2-3,5-6,12-13,18,24,30H,4,7-11,14H2,1H3,(H,31,35)/t18-/m0/s1. The van der Waals surface area contributed by atoms with Gasteiger partial charge in [-0.25, -0.2) is 36.2 Å². The number of ketones is 1. The van der Waals surface area contributed by atoms with Gasteiger partial charge in [-0.3, -0.25) is 14.5 Å². The molecule has 2 aromatic carbocycles. The highest BCUT2D eigenvalue weighted by atomic mass is 32.2. The van der Waals surface area contributed by atoms with E-state index in [4.69, 9.17) is 4.74 Å². The summed E-state index contributed by atoms with van der Waals surface area (Å²) in [7, 11) is -4.03. The number of hydrogen-bond acceptors (Lipinski definition) is 8. The van der Waals surface area contributed by atoms with Crippen LogP contribution in [0.4, 0.5) is 39.4 Å². The van der Waals surface area contributed by atoms with Gasteiger partial charge in [0.2, 0.25) is 5.91 Å². The number of sulfonamides is 1. The van der Waals surface area contributed by atoms with Crippen molar-refractivity contribution in [3.63, 3.8) is 0 Å². The van der Waals surface area contributed by atoms with Crippen molar-refractivity contribution < 1.29 is 45.1 Å². The molecule has 16 heteroatoms. The van der Waals surface area contributed by atoms with E-state index in [2.05, 4.69) is 10.7 Å². The molecule has 2 heterocycles. The molecule has 2 aromatic rings. The zero-order chi connectivity index (χ0) is 29.9. The summed E-state index contributed by atoms with van der Waals surface area (Å²) in [4.78, 5) is 36.8. The van der Waals surface area contributed by atoms with Crippen LogP contribution in [0.5, 0.6) is 0 Å². The van der Waals surface area contributed by atoms with Crippen LogP contribution in [0, 0.1) is 11.6 Å². The van der Waals surface area contributed by atoms with Gasteiger partial charge in [0.25, 0.3) is 16.4 Å². The van der Waals surface area contributed by atoms with E-state index in [1.165, 1.54) is 36.1 Å². The summed E-state index contributed by atoms with van der Waals surface area (Å²) in [6.45, 7) is 0.983. The number of anilines is 3. The van der Waals surface area contributed by atoms with E-state index in [0.29, 0.717) is 5.69 Å². The van der Waals surface area contributed by atoms with Gasteiger partial charge in [-0.2, -0.15) is 0 Å². The van der Waals surface area contributed by atoms with E-state index in [-0.39, 0.29) is 55.6 Å². The van der Waals surface area contributed by atoms with Gasteiger partial charge in [0.1, 0.15) is 11.8 Å². The fourth-order valence-electron chi connectivity index (χ4n) is 4.49. The molecule has 2 fully saturated rings. The molecule has 1 atom stereocenters. The SMILES string of the molecule is CC(=O)Nc1ccc(S(=O)(=O)N2CCN(c3c(F)cc(N4C[C@H](CCC(=O)C(F)F)OC4=O)cc3F)CCN2)cc1. The summed E-state index contributed by atoms with van der Waals surface area (Å²) < 4.78 is 87.5. The van der Waals surface area contributed by atoms with Crippen LogP contribution in [0.25, 0.3) is 0 Å². The van der Waals surface area contributed by atoms with E-state index < -0.39 is 58.2 Å². The molecule has 2 N–H and O–H groups in total. The zero-order valence-electron chi connectivity index (χ0n) is 21.8. The average Bonchev–Trinajstić information content (AvgIpc) is 3.10. The number of nitrogens with one attached hydrogen (secondary N) is 2. The van der Waals surface area contributed by atoms with Crippen molar-refractivity contribution in [1.29, 1.82) is 0 Å². The van der Waals surface area contributed by atoms with Gasteiger partial charge in [0, 0.05) is 57.3 Å². The Labute approximate surface area is 233 Å². The van der Waals surface area contributed by atoms with Crippen LogP contribution in [0.3, 0.4) is 0 Å². The lowest BCUT2D eigenvalue weighted by Gasteiger charge is -2.25. The number of rotatable bonds is 9. The fourth-order valence-corrected chi connectivity index (χ4v) is 5.80. The number of hydrogen-bond donors (Lipinski definition) is 2. The topological polar surface area (TPSA) is 128 Å². The van der Waals surface area contributed by atoms with Crippen LogP contribution in [0.1, 0.15) is 19.8 Å². The first-order valence-electron chi connectivity index (χ1n) is 12.5. The Morgan fingerprint density at radius 2 is 1.76 bits per heavy atom. The molecule has 4 rings (SSSR count). The zero-order valence-corrected chi connectivity index (χ0v) is 22.6. The van der Waals surface area contributed by atoms with Crippen molar-refractivity contribution in [2.45, 2.75) is 37.2 Å². The highest BCUT2D eigenvalue weighted by molar-refractivity contribution is 7.89. The summed E-state index contributed by atoms with van der Waals surface area (Å²) in [6.07, 6.45) is -5.64. The summed E-state index contributed by atoms with van der Waals surface area (Å²) in [6, 6.07) is 7.38. The number of carbonyl (C=O) groups excluding carboxylic acids is 3. The molecule has 0 radical (unpaired) electrons. The second kappa shape index (κ2) is 12.4. The molecule has 11 nitrogen and oxygen atoms in total. The molecule has 222 valence electrons. The quantitative estimate of drug-likeness (QED) is 0.420. The first kappa shape index (κ1) is 30.2. The van der Waals surface area contributed by atoms with Crippen LogP contribution in [0.15, 0.2) is 41.3 Å². The molecule has 0 aliphatic carbocycles. The van der Waals surface area contributed by atoms with E-state index in [1.807, 2.05) is 0 Å². The van der Waals surface area contributed by atoms with Gasteiger partial charge in [-0.15, -0.1) is 4.41 Å². The lowest BCUT2D eigenvalue weighted by atomic mass is 10.1. The van der Waals surface area contributed by atoms with Crippen LogP contribution in [-0.2, 0) is 24.3 Å². The van der Waals surface area contributed by atoms with Gasteiger partial charge in [0.15, 0.2) is 17.4 Å². The summed E-state index contributed by atoms with van der Waals surface area (Å²) in [5, 5.41) is 2.54. The highest BCUT2D eigenvalue weighted by Gasteiger charge is 2.35. The first-order chi connectivity index (χ1) is 19.4. The minimum Gasteiger partial charge on any atom is -0.444 e. The molecule has 41 heavy (non-hydrogen) atoms. The molecular weight excluding hydrogens is 574 g/mol. The summed E-state index contributed by atoms with van der Waals surface area (Å²) in [5.41, 5.74) is 2.59. The molecule has 2 saturated heterocycles. The Hall–Kier alpha value is -3.76. The minimum absolute atomic E-state index is 0.0291. The van der Waals surface area contributed by atoms with Crippen molar-refractivity contribution >= 4 is 44.9 Å². The second-order valence-electron chi connectivity index (χ2n) is 9.36. The minimum atomic E-state index is -4.03. The Balaban J connectivity index is 1.43. The monoisotopic (exact) mass is 601 g/mol. The number of hydrazine groups is 1. The maximum absolute atomic E-state index is 15.2. The molecule has 2 amide bonds. The van der Waals surface area contributed by atoms with Crippen LogP contribution in [0.2, 0.25) is 0 Å². The maximum Gasteiger partial charge on any atom is 0.414 e. The Bertz CT molecular complexity index is 1400. The third-order valence-corrected chi connectivity index (χ3v) is 8.23. The number of nitrogens with zero attached hydrogens (tertiary/aromatic N) is 3. The molecular formula is C25H27F4N5O6S. The Morgan fingerprint density at radius 1 is 1.10 bits per heavy atom. The Kier molecular flexibility index (Phi) is 9.14. The van der Waals surface area contributed by atoms with Crippen LogP contribution >= 0.6 is 0 Å². The number of carbonyl (C=O) groups is 3. The number of amides is 2. The van der Waals surface area contributed by atoms with E-state index in [1.54, 1.807) is 0 Å². The molecule has 2 aliphatic rings. The third kappa shape index (κ3) is 6.94. The molecule has 0 aromatic heterocycles. The first-order valence-corrected chi connectivity index (χ1v) is 14.0. The van der Waals surface area contributed by atoms with Crippen molar-refractivity contribution in [2.75, 3.05) is 47.8 Å². The van der Waals surface area contributed by atoms with Crippen molar-refractivity contribution in [3.8, 4) is 0 Å². The molecule has 2 aliphatic heterocycles. The van der Waals surface area contributed by atoms with Crippen molar-refractivity contribution in [3.05, 3.63) is 48.0 Å². The lowest BCUT2D eigenvalue weighted by molar-refractivity contribution is -0.130. The highest BCUT2D eigenvalue weighted by Crippen LogP contribution is 2.32. The smallest absolute Gasteiger partial charge is 0.414 e. The molecule has 0 saturated carbocycles. The van der Waals surface area contributed by atoms with Gasteiger partial charge in [0.05, 0.1) is 17.1 Å². The van der Waals surface area contributed by atoms with Crippen molar-refractivity contribution in [2.24, 2.45) is 0 Å². The molecule has 0 spiro atoms. The number of ether oxygens (including phenoxy) is 1.